The van der Waals surface area contributed by atoms with E-state index in [1.165, 1.54) is 25.3 Å². The van der Waals surface area contributed by atoms with E-state index in [-0.39, 0.29) is 23.6 Å². The van der Waals surface area contributed by atoms with E-state index in [1.807, 2.05) is 0 Å². The summed E-state index contributed by atoms with van der Waals surface area (Å²) in [6.45, 7) is 0. The van der Waals surface area contributed by atoms with Crippen LogP contribution in [-0.4, -0.2) is 34.1 Å². The molecule has 2 atom stereocenters. The summed E-state index contributed by atoms with van der Waals surface area (Å²) in [7, 11) is 1.50. The number of nitrogens with zero attached hydrogens (tertiary/aromatic N) is 2. The predicted molar refractivity (Wildman–Crippen MR) is 107 cm³/mol. The summed E-state index contributed by atoms with van der Waals surface area (Å²) in [5.41, 5.74) is 0.900. The third kappa shape index (κ3) is 4.14. The van der Waals surface area contributed by atoms with Gasteiger partial charge in [0.05, 0.1) is 19.3 Å². The van der Waals surface area contributed by atoms with E-state index in [0.717, 1.165) is 10.9 Å². The van der Waals surface area contributed by atoms with Crippen molar-refractivity contribution in [2.75, 3.05) is 17.7 Å². The Hall–Kier alpha value is -3.69. The molecule has 10 heteroatoms. The van der Waals surface area contributed by atoms with Gasteiger partial charge in [0.2, 0.25) is 0 Å². The van der Waals surface area contributed by atoms with Crippen molar-refractivity contribution in [2.45, 2.75) is 24.7 Å². The Morgan fingerprint density at radius 1 is 1.26 bits per heavy atom. The number of aromatic nitrogens is 2. The minimum Gasteiger partial charge on any atom is -0.508 e. The Labute approximate surface area is 175 Å². The number of carbonyl (C=O) groups excluding carboxylic acids is 1. The molecule has 1 aromatic heterocycles. The summed E-state index contributed by atoms with van der Waals surface area (Å²) in [5.74, 6) is -0.129. The number of phenolic OH excluding ortho intramolecular Hbond substituents is 1. The van der Waals surface area contributed by atoms with Crippen LogP contribution in [0.4, 0.5) is 24.7 Å². The maximum atomic E-state index is 13.8. The molecule has 3 aromatic rings. The van der Waals surface area contributed by atoms with Crippen molar-refractivity contribution < 1.29 is 27.8 Å². The van der Waals surface area contributed by atoms with Crippen molar-refractivity contribution in [1.29, 1.82) is 0 Å². The first kappa shape index (κ1) is 20.6. The second kappa shape index (κ2) is 7.86. The Bertz CT molecular complexity index is 1100. The highest BCUT2D eigenvalue weighted by Gasteiger charge is 2.47. The van der Waals surface area contributed by atoms with Gasteiger partial charge in [0, 0.05) is 18.2 Å². The smallest absolute Gasteiger partial charge is 0.410 e. The fourth-order valence-electron chi connectivity index (χ4n) is 3.57. The maximum Gasteiger partial charge on any atom is 0.410 e. The van der Waals surface area contributed by atoms with Crippen LogP contribution in [-0.2, 0) is 0 Å². The van der Waals surface area contributed by atoms with Gasteiger partial charge in [-0.1, -0.05) is 18.2 Å². The molecular formula is C21H19F3N4O3. The predicted octanol–water partition coefficient (Wildman–Crippen LogP) is 4.51. The molecule has 0 saturated heterocycles. The number of halogens is 3. The molecule has 0 unspecified atom stereocenters. The molecule has 0 saturated carbocycles. The van der Waals surface area contributed by atoms with Gasteiger partial charge in [-0.05, 0) is 29.8 Å². The summed E-state index contributed by atoms with van der Waals surface area (Å²) >= 11 is 0. The second-order valence-electron chi connectivity index (χ2n) is 7.12. The number of hydrogen-bond acceptors (Lipinski definition) is 5. The molecular weight excluding hydrogens is 413 g/mol. The molecule has 2 aromatic carbocycles. The van der Waals surface area contributed by atoms with Crippen molar-refractivity contribution >= 4 is 17.4 Å². The Morgan fingerprint density at radius 3 is 2.65 bits per heavy atom. The number of aromatic hydroxyl groups is 1. The van der Waals surface area contributed by atoms with Gasteiger partial charge in [-0.25, -0.2) is 4.68 Å². The zero-order chi connectivity index (χ0) is 22.2. The van der Waals surface area contributed by atoms with Crippen molar-refractivity contribution in [2.24, 2.45) is 0 Å². The van der Waals surface area contributed by atoms with Gasteiger partial charge in [-0.2, -0.15) is 18.3 Å². The lowest BCUT2D eigenvalue weighted by Crippen LogP contribution is -2.36. The van der Waals surface area contributed by atoms with Crippen LogP contribution in [0.1, 0.15) is 34.4 Å². The van der Waals surface area contributed by atoms with Crippen molar-refractivity contribution in [1.82, 2.24) is 9.78 Å². The van der Waals surface area contributed by atoms with E-state index in [4.69, 9.17) is 4.74 Å². The number of amides is 1. The van der Waals surface area contributed by atoms with Crippen molar-refractivity contribution in [3.8, 4) is 11.5 Å². The number of ether oxygens (including phenoxy) is 1. The summed E-state index contributed by atoms with van der Waals surface area (Å²) in [6.07, 6.45) is -3.72. The van der Waals surface area contributed by atoms with Gasteiger partial charge < -0.3 is 20.5 Å². The van der Waals surface area contributed by atoms with Gasteiger partial charge in [0.1, 0.15) is 22.9 Å². The van der Waals surface area contributed by atoms with Crippen LogP contribution < -0.4 is 15.4 Å². The lowest BCUT2D eigenvalue weighted by Gasteiger charge is -2.34. The highest BCUT2D eigenvalue weighted by atomic mass is 19.4. The Kier molecular flexibility index (Phi) is 5.22. The molecule has 3 N–H and O–H groups in total. The average Bonchev–Trinajstić information content (AvgIpc) is 3.16. The van der Waals surface area contributed by atoms with E-state index >= 15 is 0 Å². The van der Waals surface area contributed by atoms with E-state index in [0.29, 0.717) is 17.0 Å². The van der Waals surface area contributed by atoms with Crippen LogP contribution in [0.5, 0.6) is 11.5 Å². The van der Waals surface area contributed by atoms with E-state index in [2.05, 4.69) is 15.7 Å². The molecule has 0 fully saturated rings. The monoisotopic (exact) mass is 432 g/mol. The molecule has 162 valence electrons. The summed E-state index contributed by atoms with van der Waals surface area (Å²) in [6, 6.07) is 9.99. The zero-order valence-electron chi connectivity index (χ0n) is 16.3. The fourth-order valence-corrected chi connectivity index (χ4v) is 3.57. The van der Waals surface area contributed by atoms with E-state index in [9.17, 15) is 23.1 Å². The van der Waals surface area contributed by atoms with E-state index < -0.39 is 24.2 Å². The van der Waals surface area contributed by atoms with Crippen LogP contribution in [0.3, 0.4) is 0 Å². The number of anilines is 2. The SMILES string of the molecule is COc1ccc([C@H]2C[C@@H](C(F)(F)F)n3ncc(C(=O)Nc4cccc(O)c4)c3N2)cc1. The number of rotatable bonds is 4. The van der Waals surface area contributed by atoms with Gasteiger partial charge in [0.15, 0.2) is 6.04 Å². The minimum atomic E-state index is -4.55. The van der Waals surface area contributed by atoms with Gasteiger partial charge in [-0.3, -0.25) is 4.79 Å². The quantitative estimate of drug-likeness (QED) is 0.565. The number of nitrogens with one attached hydrogen (secondary N) is 2. The number of benzene rings is 2. The molecule has 0 bridgehead atoms. The third-order valence-electron chi connectivity index (χ3n) is 5.11. The first-order chi connectivity index (χ1) is 14.8. The normalized spacial score (nSPS) is 18.1. The maximum absolute atomic E-state index is 13.8. The van der Waals surface area contributed by atoms with Crippen molar-refractivity contribution in [3.05, 3.63) is 65.9 Å². The molecule has 31 heavy (non-hydrogen) atoms. The Morgan fingerprint density at radius 2 is 2.00 bits per heavy atom. The van der Waals surface area contributed by atoms with Gasteiger partial charge >= 0.3 is 6.18 Å². The summed E-state index contributed by atoms with van der Waals surface area (Å²) in [4.78, 5) is 12.8. The Balaban J connectivity index is 1.67. The molecule has 0 spiro atoms. The summed E-state index contributed by atoms with van der Waals surface area (Å²) < 4.78 is 47.3. The number of methoxy groups -OCH3 is 1. The number of alkyl halides is 3. The van der Waals surface area contributed by atoms with Crippen LogP contribution in [0, 0.1) is 0 Å². The highest BCUT2D eigenvalue weighted by Crippen LogP contribution is 2.44. The van der Waals surface area contributed by atoms with Gasteiger partial charge in [0.25, 0.3) is 5.91 Å². The molecule has 7 nitrogen and oxygen atoms in total. The minimum absolute atomic E-state index is 0.0213. The number of fused-ring (bicyclic) bond motifs is 1. The van der Waals surface area contributed by atoms with Crippen LogP contribution in [0.2, 0.25) is 0 Å². The van der Waals surface area contributed by atoms with Crippen molar-refractivity contribution in [3.63, 3.8) is 0 Å². The molecule has 4 rings (SSSR count). The lowest BCUT2D eigenvalue weighted by molar-refractivity contribution is -0.173. The number of carbonyl (C=O) groups is 1. The third-order valence-corrected chi connectivity index (χ3v) is 5.11. The lowest BCUT2D eigenvalue weighted by atomic mass is 9.96. The topological polar surface area (TPSA) is 88.4 Å². The van der Waals surface area contributed by atoms with Gasteiger partial charge in [-0.15, -0.1) is 0 Å². The molecule has 2 heterocycles. The second-order valence-corrected chi connectivity index (χ2v) is 7.12. The highest BCUT2D eigenvalue weighted by molar-refractivity contribution is 6.07. The summed E-state index contributed by atoms with van der Waals surface area (Å²) in [5, 5.41) is 19.0. The molecule has 1 aliphatic rings. The fraction of sp³-hybridized carbons (Fsp3) is 0.238. The first-order valence-electron chi connectivity index (χ1n) is 9.41. The molecule has 1 amide bonds. The van der Waals surface area contributed by atoms with Crippen LogP contribution in [0.15, 0.2) is 54.7 Å². The van der Waals surface area contributed by atoms with E-state index in [1.54, 1.807) is 30.3 Å². The molecule has 0 radical (unpaired) electrons. The number of phenols is 1. The number of hydrogen-bond donors (Lipinski definition) is 3. The first-order valence-corrected chi connectivity index (χ1v) is 9.41. The van der Waals surface area contributed by atoms with Crippen LogP contribution in [0.25, 0.3) is 0 Å². The average molecular weight is 432 g/mol. The molecule has 0 aliphatic carbocycles. The molecule has 1 aliphatic heterocycles. The zero-order valence-corrected chi connectivity index (χ0v) is 16.3. The largest absolute Gasteiger partial charge is 0.508 e. The standard InChI is InChI=1S/C21H19F3N4O3/c1-31-15-7-5-12(6-8-15)17-10-18(21(22,23)24)28-19(27-17)16(11-25-28)20(30)26-13-3-2-4-14(29)9-13/h2-9,11,17-18,27,29H,10H2,1H3,(H,26,30)/t17-,18+/m1/s1. The van der Waals surface area contributed by atoms with Crippen LogP contribution >= 0.6 is 0 Å².